The summed E-state index contributed by atoms with van der Waals surface area (Å²) in [4.78, 5) is 25.9. The number of amides is 1. The topological polar surface area (TPSA) is 65.1 Å². The smallest absolute Gasteiger partial charge is 0.338 e. The zero-order chi connectivity index (χ0) is 18.5. The predicted molar refractivity (Wildman–Crippen MR) is 92.1 cm³/mol. The highest BCUT2D eigenvalue weighted by Gasteiger charge is 2.19. The zero-order valence-electron chi connectivity index (χ0n) is 14.2. The summed E-state index contributed by atoms with van der Waals surface area (Å²) < 4.78 is 29.0. The lowest BCUT2D eigenvalue weighted by Gasteiger charge is -2.21. The molecule has 0 aromatic heterocycles. The monoisotopic (exact) mass is 359 g/mol. The third kappa shape index (κ3) is 3.93. The normalized spacial score (nSPS) is 12.4. The van der Waals surface area contributed by atoms with E-state index in [1.54, 1.807) is 19.1 Å². The van der Waals surface area contributed by atoms with Gasteiger partial charge in [-0.3, -0.25) is 4.79 Å². The maximum absolute atomic E-state index is 13.0. The van der Waals surface area contributed by atoms with Crippen LogP contribution in [0, 0.1) is 5.82 Å². The molecule has 2 aromatic carbocycles. The van der Waals surface area contributed by atoms with Gasteiger partial charge in [0.15, 0.2) is 18.1 Å². The van der Waals surface area contributed by atoms with Crippen molar-refractivity contribution in [2.45, 2.75) is 6.92 Å². The molecule has 0 saturated heterocycles. The number of esters is 1. The molecule has 6 nitrogen and oxygen atoms in total. The van der Waals surface area contributed by atoms with E-state index in [4.69, 9.17) is 14.2 Å². The number of rotatable bonds is 5. The van der Waals surface area contributed by atoms with Crippen molar-refractivity contribution in [3.05, 3.63) is 53.8 Å². The largest absolute Gasteiger partial charge is 0.486 e. The summed E-state index contributed by atoms with van der Waals surface area (Å²) in [5.41, 5.74) is 0.807. The minimum atomic E-state index is -0.634. The van der Waals surface area contributed by atoms with Crippen LogP contribution in [0.2, 0.25) is 0 Å². The van der Waals surface area contributed by atoms with Gasteiger partial charge in [-0.2, -0.15) is 0 Å². The van der Waals surface area contributed by atoms with Gasteiger partial charge in [0.2, 0.25) is 0 Å². The third-order valence-corrected chi connectivity index (χ3v) is 3.86. The lowest BCUT2D eigenvalue weighted by atomic mass is 10.2. The molecule has 1 aliphatic rings. The number of fused-ring (bicyclic) bond motifs is 1. The molecule has 0 atom stereocenters. The molecular weight excluding hydrogens is 341 g/mol. The number of halogens is 1. The number of nitrogens with zero attached hydrogens (tertiary/aromatic N) is 1. The van der Waals surface area contributed by atoms with Crippen LogP contribution in [-0.2, 0) is 9.53 Å². The van der Waals surface area contributed by atoms with E-state index in [2.05, 4.69) is 0 Å². The van der Waals surface area contributed by atoms with Crippen molar-refractivity contribution in [3.8, 4) is 11.5 Å². The van der Waals surface area contributed by atoms with Crippen molar-refractivity contribution >= 4 is 17.6 Å². The molecule has 0 N–H and O–H groups in total. The Morgan fingerprint density at radius 2 is 1.77 bits per heavy atom. The molecule has 7 heteroatoms. The second-order valence-corrected chi connectivity index (χ2v) is 5.55. The number of carbonyl (C=O) groups excluding carboxylic acids is 2. The molecule has 0 unspecified atom stereocenters. The van der Waals surface area contributed by atoms with E-state index in [9.17, 15) is 14.0 Å². The lowest BCUT2D eigenvalue weighted by Crippen LogP contribution is -2.34. The fourth-order valence-electron chi connectivity index (χ4n) is 2.58. The van der Waals surface area contributed by atoms with Crippen LogP contribution in [0.3, 0.4) is 0 Å². The van der Waals surface area contributed by atoms with Crippen molar-refractivity contribution in [1.29, 1.82) is 0 Å². The zero-order valence-corrected chi connectivity index (χ0v) is 14.2. The van der Waals surface area contributed by atoms with Gasteiger partial charge in [0, 0.05) is 12.2 Å². The van der Waals surface area contributed by atoms with E-state index in [0.717, 1.165) is 0 Å². The van der Waals surface area contributed by atoms with Gasteiger partial charge in [-0.1, -0.05) is 0 Å². The quantitative estimate of drug-likeness (QED) is 0.768. The second kappa shape index (κ2) is 7.86. The molecule has 0 aliphatic carbocycles. The van der Waals surface area contributed by atoms with Crippen LogP contribution >= 0.6 is 0 Å². The molecule has 0 fully saturated rings. The van der Waals surface area contributed by atoms with E-state index in [0.29, 0.717) is 36.9 Å². The van der Waals surface area contributed by atoms with Gasteiger partial charge in [-0.25, -0.2) is 9.18 Å². The van der Waals surface area contributed by atoms with Crippen LogP contribution in [-0.4, -0.2) is 38.2 Å². The molecule has 1 aliphatic heterocycles. The summed E-state index contributed by atoms with van der Waals surface area (Å²) in [6.45, 7) is 2.60. The minimum absolute atomic E-state index is 0.270. The summed E-state index contributed by atoms with van der Waals surface area (Å²) >= 11 is 0. The molecule has 0 saturated carbocycles. The van der Waals surface area contributed by atoms with Crippen molar-refractivity contribution in [1.82, 2.24) is 0 Å². The number of anilines is 1. The molecule has 136 valence electrons. The van der Waals surface area contributed by atoms with E-state index in [-0.39, 0.29) is 11.4 Å². The summed E-state index contributed by atoms with van der Waals surface area (Å²) in [5, 5.41) is 0. The van der Waals surface area contributed by atoms with Gasteiger partial charge >= 0.3 is 5.97 Å². The Bertz CT molecular complexity index is 806. The molecule has 0 spiro atoms. The summed E-state index contributed by atoms with van der Waals surface area (Å²) in [6, 6.07) is 10.2. The van der Waals surface area contributed by atoms with Crippen molar-refractivity contribution < 1.29 is 28.2 Å². The first-order chi connectivity index (χ1) is 12.6. The van der Waals surface area contributed by atoms with E-state index in [1.165, 1.54) is 35.2 Å². The average molecular weight is 359 g/mol. The number of carbonyl (C=O) groups is 2. The lowest BCUT2D eigenvalue weighted by molar-refractivity contribution is -0.121. The fourth-order valence-corrected chi connectivity index (χ4v) is 2.58. The highest BCUT2D eigenvalue weighted by Crippen LogP contribution is 2.30. The van der Waals surface area contributed by atoms with Crippen LogP contribution in [0.1, 0.15) is 17.3 Å². The first-order valence-corrected chi connectivity index (χ1v) is 8.21. The van der Waals surface area contributed by atoms with Crippen LogP contribution in [0.5, 0.6) is 11.5 Å². The predicted octanol–water partition coefficient (Wildman–Crippen LogP) is 2.81. The Hall–Kier alpha value is -3.09. The van der Waals surface area contributed by atoms with Crippen LogP contribution in [0.25, 0.3) is 0 Å². The van der Waals surface area contributed by atoms with Crippen molar-refractivity contribution in [2.24, 2.45) is 0 Å². The Balaban J connectivity index is 1.63. The Morgan fingerprint density at radius 3 is 2.46 bits per heavy atom. The average Bonchev–Trinajstić information content (AvgIpc) is 2.67. The Labute approximate surface area is 150 Å². The van der Waals surface area contributed by atoms with Gasteiger partial charge in [-0.15, -0.1) is 0 Å². The Morgan fingerprint density at radius 1 is 1.08 bits per heavy atom. The van der Waals surface area contributed by atoms with Gasteiger partial charge in [0.25, 0.3) is 5.91 Å². The number of hydrogen-bond acceptors (Lipinski definition) is 5. The highest BCUT2D eigenvalue weighted by molar-refractivity contribution is 5.97. The van der Waals surface area contributed by atoms with Crippen LogP contribution < -0.4 is 14.4 Å². The molecule has 3 rings (SSSR count). The maximum atomic E-state index is 13.0. The van der Waals surface area contributed by atoms with E-state index < -0.39 is 18.5 Å². The van der Waals surface area contributed by atoms with Crippen molar-refractivity contribution in [2.75, 3.05) is 31.3 Å². The number of hydrogen-bond donors (Lipinski definition) is 0. The second-order valence-electron chi connectivity index (χ2n) is 5.55. The standard InChI is InChI=1S/C19H18FNO5/c1-2-21(15-6-4-14(20)5-7-15)18(22)12-26-19(23)13-3-8-16-17(11-13)25-10-9-24-16/h3-8,11H,2,9-10,12H2,1H3. The molecule has 2 aromatic rings. The van der Waals surface area contributed by atoms with Crippen molar-refractivity contribution in [3.63, 3.8) is 0 Å². The SMILES string of the molecule is CCN(C(=O)COC(=O)c1ccc2c(c1)OCCO2)c1ccc(F)cc1. The van der Waals surface area contributed by atoms with E-state index in [1.807, 2.05) is 0 Å². The molecular formula is C19H18FNO5. The van der Waals surface area contributed by atoms with Crippen LogP contribution in [0.4, 0.5) is 10.1 Å². The molecule has 26 heavy (non-hydrogen) atoms. The van der Waals surface area contributed by atoms with Gasteiger partial charge in [0.1, 0.15) is 19.0 Å². The number of benzene rings is 2. The summed E-state index contributed by atoms with van der Waals surface area (Å²) in [7, 11) is 0. The molecule has 0 radical (unpaired) electrons. The van der Waals surface area contributed by atoms with Gasteiger partial charge in [0.05, 0.1) is 5.56 Å². The third-order valence-electron chi connectivity index (χ3n) is 3.86. The minimum Gasteiger partial charge on any atom is -0.486 e. The first kappa shape index (κ1) is 17.7. The molecule has 0 bridgehead atoms. The maximum Gasteiger partial charge on any atom is 0.338 e. The van der Waals surface area contributed by atoms with Gasteiger partial charge < -0.3 is 19.1 Å². The summed E-state index contributed by atoms with van der Waals surface area (Å²) in [6.07, 6.45) is 0. The first-order valence-electron chi connectivity index (χ1n) is 8.21. The highest BCUT2D eigenvalue weighted by atomic mass is 19.1. The number of likely N-dealkylation sites (N-methyl/N-ethyl adjacent to an activating group) is 1. The molecule has 1 heterocycles. The van der Waals surface area contributed by atoms with Crippen LogP contribution in [0.15, 0.2) is 42.5 Å². The molecule has 1 amide bonds. The number of ether oxygens (including phenoxy) is 3. The van der Waals surface area contributed by atoms with E-state index >= 15 is 0 Å². The summed E-state index contributed by atoms with van der Waals surface area (Å²) in [5.74, 6) is -0.381. The van der Waals surface area contributed by atoms with Gasteiger partial charge in [-0.05, 0) is 49.4 Å². The fraction of sp³-hybridized carbons (Fsp3) is 0.263. The Kier molecular flexibility index (Phi) is 5.36.